The average Bonchev–Trinajstić information content (AvgIpc) is 2.00. The number of hydrogen-bond donors (Lipinski definition) is 0. The zero-order valence-corrected chi connectivity index (χ0v) is 10.5. The van der Waals surface area contributed by atoms with Crippen molar-refractivity contribution >= 4 is 19.9 Å². The van der Waals surface area contributed by atoms with Crippen molar-refractivity contribution in [1.82, 2.24) is 9.21 Å². The first kappa shape index (κ1) is 12.9. The van der Waals surface area contributed by atoms with E-state index >= 15 is 0 Å². The monoisotopic (exact) mass is 256 g/mol. The molecule has 1 heterocycles. The van der Waals surface area contributed by atoms with Crippen molar-refractivity contribution in [2.75, 3.05) is 44.6 Å². The Balaban J connectivity index is 2.71. The Labute approximate surface area is 90.8 Å². The van der Waals surface area contributed by atoms with E-state index in [1.807, 2.05) is 11.9 Å². The van der Waals surface area contributed by atoms with Crippen LogP contribution in [0.4, 0.5) is 0 Å². The molecule has 0 N–H and O–H groups in total. The van der Waals surface area contributed by atoms with Crippen molar-refractivity contribution < 1.29 is 16.8 Å². The lowest BCUT2D eigenvalue weighted by molar-refractivity contribution is 0.223. The highest BCUT2D eigenvalue weighted by atomic mass is 32.3. The highest BCUT2D eigenvalue weighted by molar-refractivity contribution is 8.06. The minimum atomic E-state index is -3.65. The standard InChI is InChI=1S/C7H16N2O4S2/c1-8-3-5-9(6-4-8)15(12,13)7-14(2,10)11/h3-7H2,1-2H3. The predicted octanol–water partition coefficient (Wildman–Crippen LogP) is -1.43. The van der Waals surface area contributed by atoms with Gasteiger partial charge in [0.1, 0.15) is 0 Å². The second-order valence-electron chi connectivity index (χ2n) is 3.86. The number of nitrogens with zero attached hydrogens (tertiary/aromatic N) is 2. The molecule has 0 amide bonds. The van der Waals surface area contributed by atoms with Crippen molar-refractivity contribution in [3.05, 3.63) is 0 Å². The van der Waals surface area contributed by atoms with Crippen LogP contribution in [0.5, 0.6) is 0 Å². The lowest BCUT2D eigenvalue weighted by atomic mass is 10.4. The van der Waals surface area contributed by atoms with Crippen LogP contribution in [0.25, 0.3) is 0 Å². The van der Waals surface area contributed by atoms with Gasteiger partial charge in [0, 0.05) is 32.4 Å². The van der Waals surface area contributed by atoms with Crippen LogP contribution in [-0.2, 0) is 19.9 Å². The van der Waals surface area contributed by atoms with Gasteiger partial charge in [-0.05, 0) is 7.05 Å². The molecule has 1 aliphatic rings. The maximum atomic E-state index is 11.6. The van der Waals surface area contributed by atoms with Crippen molar-refractivity contribution in [2.45, 2.75) is 0 Å². The third kappa shape index (κ3) is 4.06. The average molecular weight is 256 g/mol. The largest absolute Gasteiger partial charge is 0.304 e. The second kappa shape index (κ2) is 4.36. The minimum absolute atomic E-state index is 0.369. The number of sulfonamides is 1. The first-order valence-corrected chi connectivity index (χ1v) is 8.22. The topological polar surface area (TPSA) is 74.8 Å². The van der Waals surface area contributed by atoms with E-state index in [9.17, 15) is 16.8 Å². The first-order valence-electron chi connectivity index (χ1n) is 4.55. The van der Waals surface area contributed by atoms with E-state index in [2.05, 4.69) is 0 Å². The summed E-state index contributed by atoms with van der Waals surface area (Å²) in [6.07, 6.45) is 0.931. The van der Waals surface area contributed by atoms with Gasteiger partial charge in [-0.25, -0.2) is 16.8 Å². The molecule has 6 nitrogen and oxygen atoms in total. The van der Waals surface area contributed by atoms with E-state index in [1.165, 1.54) is 4.31 Å². The third-order valence-electron chi connectivity index (χ3n) is 2.22. The molecule has 0 spiro atoms. The van der Waals surface area contributed by atoms with Gasteiger partial charge < -0.3 is 4.90 Å². The van der Waals surface area contributed by atoms with Crippen molar-refractivity contribution in [3.8, 4) is 0 Å². The Morgan fingerprint density at radius 3 is 1.87 bits per heavy atom. The van der Waals surface area contributed by atoms with E-state index in [0.717, 1.165) is 6.26 Å². The van der Waals surface area contributed by atoms with Crippen LogP contribution in [0.2, 0.25) is 0 Å². The fourth-order valence-corrected chi connectivity index (χ4v) is 4.89. The smallest absolute Gasteiger partial charge is 0.228 e. The van der Waals surface area contributed by atoms with E-state index in [4.69, 9.17) is 0 Å². The van der Waals surface area contributed by atoms with Gasteiger partial charge in [0.2, 0.25) is 10.0 Å². The molecule has 1 aliphatic heterocycles. The molecule has 0 aromatic carbocycles. The summed E-state index contributed by atoms with van der Waals surface area (Å²) in [5.74, 6) is 0. The molecular weight excluding hydrogens is 240 g/mol. The van der Waals surface area contributed by atoms with Gasteiger partial charge in [-0.15, -0.1) is 0 Å². The number of hydrogen-bond acceptors (Lipinski definition) is 5. The molecule has 1 fully saturated rings. The highest BCUT2D eigenvalue weighted by Gasteiger charge is 2.28. The van der Waals surface area contributed by atoms with Gasteiger partial charge in [-0.2, -0.15) is 4.31 Å². The summed E-state index contributed by atoms with van der Waals surface area (Å²) in [5, 5.41) is -0.788. The van der Waals surface area contributed by atoms with Crippen LogP contribution in [0.15, 0.2) is 0 Å². The van der Waals surface area contributed by atoms with E-state index in [1.54, 1.807) is 0 Å². The summed E-state index contributed by atoms with van der Waals surface area (Å²) < 4.78 is 46.4. The van der Waals surface area contributed by atoms with Crippen LogP contribution in [0, 0.1) is 0 Å². The molecule has 0 aliphatic carbocycles. The molecule has 15 heavy (non-hydrogen) atoms. The summed E-state index contributed by atoms with van der Waals surface area (Å²) in [6.45, 7) is 2.02. The van der Waals surface area contributed by atoms with Gasteiger partial charge in [0.25, 0.3) is 0 Å². The summed E-state index contributed by atoms with van der Waals surface area (Å²) in [6, 6.07) is 0. The molecule has 0 bridgehead atoms. The molecule has 0 saturated carbocycles. The minimum Gasteiger partial charge on any atom is -0.304 e. The molecule has 0 atom stereocenters. The van der Waals surface area contributed by atoms with Gasteiger partial charge in [-0.1, -0.05) is 0 Å². The number of rotatable bonds is 3. The first-order chi connectivity index (χ1) is 6.71. The van der Waals surface area contributed by atoms with Crippen LogP contribution in [0.3, 0.4) is 0 Å². The Bertz CT molecular complexity index is 406. The van der Waals surface area contributed by atoms with Crippen LogP contribution >= 0.6 is 0 Å². The molecule has 90 valence electrons. The predicted molar refractivity (Wildman–Crippen MR) is 57.7 cm³/mol. The van der Waals surface area contributed by atoms with E-state index in [0.29, 0.717) is 26.2 Å². The zero-order chi connectivity index (χ0) is 11.7. The number of likely N-dealkylation sites (N-methyl/N-ethyl adjacent to an activating group) is 1. The SMILES string of the molecule is CN1CCN(S(=O)(=O)CS(C)(=O)=O)CC1. The summed E-state index contributed by atoms with van der Waals surface area (Å²) in [7, 11) is -5.23. The zero-order valence-electron chi connectivity index (χ0n) is 8.88. The molecule has 1 saturated heterocycles. The summed E-state index contributed by atoms with van der Waals surface area (Å²) in [5.41, 5.74) is 0. The normalized spacial score (nSPS) is 21.7. The number of sulfone groups is 1. The van der Waals surface area contributed by atoms with Gasteiger partial charge in [0.05, 0.1) is 0 Å². The van der Waals surface area contributed by atoms with E-state index in [-0.39, 0.29) is 0 Å². The van der Waals surface area contributed by atoms with Crippen molar-refractivity contribution in [2.24, 2.45) is 0 Å². The molecule has 8 heteroatoms. The van der Waals surface area contributed by atoms with E-state index < -0.39 is 24.9 Å². The Hall–Kier alpha value is -0.180. The summed E-state index contributed by atoms with van der Waals surface area (Å²) >= 11 is 0. The third-order valence-corrected chi connectivity index (χ3v) is 6.27. The van der Waals surface area contributed by atoms with Gasteiger partial charge in [-0.3, -0.25) is 0 Å². The molecular formula is C7H16N2O4S2. The molecule has 0 aromatic heterocycles. The van der Waals surface area contributed by atoms with Crippen molar-refractivity contribution in [3.63, 3.8) is 0 Å². The summed E-state index contributed by atoms with van der Waals surface area (Å²) in [4.78, 5) is 2.01. The quantitative estimate of drug-likeness (QED) is 0.618. The number of piperazine rings is 1. The Morgan fingerprint density at radius 2 is 1.47 bits per heavy atom. The Kier molecular flexibility index (Phi) is 3.75. The van der Waals surface area contributed by atoms with Crippen LogP contribution in [0.1, 0.15) is 0 Å². The van der Waals surface area contributed by atoms with Crippen molar-refractivity contribution in [1.29, 1.82) is 0 Å². The highest BCUT2D eigenvalue weighted by Crippen LogP contribution is 2.08. The van der Waals surface area contributed by atoms with Gasteiger partial charge >= 0.3 is 0 Å². The van der Waals surface area contributed by atoms with Crippen LogP contribution in [-0.4, -0.2) is 70.6 Å². The van der Waals surface area contributed by atoms with Gasteiger partial charge in [0.15, 0.2) is 14.9 Å². The second-order valence-corrected chi connectivity index (χ2v) is 8.33. The molecule has 0 unspecified atom stereocenters. The lowest BCUT2D eigenvalue weighted by Gasteiger charge is -2.31. The maximum absolute atomic E-state index is 11.6. The Morgan fingerprint density at radius 1 is 1.00 bits per heavy atom. The maximum Gasteiger partial charge on any atom is 0.228 e. The molecule has 1 rings (SSSR count). The lowest BCUT2D eigenvalue weighted by Crippen LogP contribution is -2.48. The molecule has 0 radical (unpaired) electrons. The fraction of sp³-hybridized carbons (Fsp3) is 1.00. The van der Waals surface area contributed by atoms with Crippen LogP contribution < -0.4 is 0 Å². The fourth-order valence-electron chi connectivity index (χ4n) is 1.41. The molecule has 0 aromatic rings.